The van der Waals surface area contributed by atoms with Gasteiger partial charge in [-0.05, 0) is 0 Å². The van der Waals surface area contributed by atoms with Gasteiger partial charge in [-0.1, -0.05) is 0 Å². The van der Waals surface area contributed by atoms with E-state index in [9.17, 15) is 0 Å². The molecule has 5 nitrogen and oxygen atoms in total. The number of anilines is 1. The van der Waals surface area contributed by atoms with Crippen molar-refractivity contribution in [1.29, 1.82) is 0 Å². The molecule has 2 aromatic heterocycles. The number of fused-ring (bicyclic) bond motifs is 1. The maximum atomic E-state index is 5.43. The fourth-order valence-corrected chi connectivity index (χ4v) is 1.18. The van der Waals surface area contributed by atoms with Crippen molar-refractivity contribution >= 4 is 28.6 Å². The summed E-state index contributed by atoms with van der Waals surface area (Å²) in [5.74, 6) is 0.339. The van der Waals surface area contributed by atoms with E-state index in [1.165, 1.54) is 6.20 Å². The minimum Gasteiger partial charge on any atom is -0.380 e. The van der Waals surface area contributed by atoms with E-state index in [-0.39, 0.29) is 0 Å². The van der Waals surface area contributed by atoms with Crippen molar-refractivity contribution < 1.29 is 0 Å². The van der Waals surface area contributed by atoms with Crippen molar-refractivity contribution in [2.75, 3.05) is 5.73 Å². The molecule has 50 valence electrons. The van der Waals surface area contributed by atoms with Crippen molar-refractivity contribution in [3.05, 3.63) is 6.20 Å². The molecule has 2 N–H and O–H groups in total. The van der Waals surface area contributed by atoms with Crippen LogP contribution in [0.1, 0.15) is 0 Å². The van der Waals surface area contributed by atoms with Crippen LogP contribution in [0, 0.1) is 0 Å². The van der Waals surface area contributed by atoms with Crippen LogP contribution in [0.2, 0.25) is 0 Å². The SMILES string of the molecule is Nc1nncc2nsnc12. The lowest BCUT2D eigenvalue weighted by Gasteiger charge is -1.86. The molecule has 0 unspecified atom stereocenters. The molecule has 2 heterocycles. The Balaban J connectivity index is 2.95. The largest absolute Gasteiger partial charge is 0.380 e. The molecule has 0 aliphatic rings. The topological polar surface area (TPSA) is 77.6 Å². The van der Waals surface area contributed by atoms with Gasteiger partial charge in [-0.2, -0.15) is 13.8 Å². The zero-order valence-electron chi connectivity index (χ0n) is 4.85. The van der Waals surface area contributed by atoms with Gasteiger partial charge in [0.05, 0.1) is 17.9 Å². The molecule has 0 aromatic carbocycles. The van der Waals surface area contributed by atoms with Gasteiger partial charge in [0, 0.05) is 0 Å². The van der Waals surface area contributed by atoms with E-state index in [4.69, 9.17) is 5.73 Å². The van der Waals surface area contributed by atoms with Crippen molar-refractivity contribution in [3.63, 3.8) is 0 Å². The van der Waals surface area contributed by atoms with E-state index in [0.29, 0.717) is 16.9 Å². The molecular weight excluding hydrogens is 150 g/mol. The lowest BCUT2D eigenvalue weighted by molar-refractivity contribution is 1.06. The minimum atomic E-state index is 0.339. The molecule has 0 saturated carbocycles. The van der Waals surface area contributed by atoms with Gasteiger partial charge in [0.15, 0.2) is 5.82 Å². The Bertz CT molecular complexity index is 355. The van der Waals surface area contributed by atoms with Gasteiger partial charge in [0.1, 0.15) is 11.0 Å². The Hall–Kier alpha value is -1.30. The van der Waals surface area contributed by atoms with Gasteiger partial charge in [-0.15, -0.1) is 5.10 Å². The highest BCUT2D eigenvalue weighted by atomic mass is 32.1. The maximum absolute atomic E-state index is 5.43. The number of hydrogen-bond donors (Lipinski definition) is 1. The molecule has 2 aromatic rings. The molecule has 0 aliphatic carbocycles. The first-order chi connectivity index (χ1) is 4.88. The Morgan fingerprint density at radius 1 is 1.40 bits per heavy atom. The van der Waals surface area contributed by atoms with Crippen LogP contribution in [0.25, 0.3) is 11.0 Å². The molecular formula is C4H3N5S. The van der Waals surface area contributed by atoms with E-state index < -0.39 is 0 Å². The van der Waals surface area contributed by atoms with Gasteiger partial charge in [-0.3, -0.25) is 0 Å². The van der Waals surface area contributed by atoms with E-state index in [2.05, 4.69) is 18.9 Å². The fourth-order valence-electron chi connectivity index (χ4n) is 0.651. The molecule has 0 radical (unpaired) electrons. The van der Waals surface area contributed by atoms with Crippen molar-refractivity contribution in [1.82, 2.24) is 18.9 Å². The molecule has 2 rings (SSSR count). The second-order valence-corrected chi connectivity index (χ2v) is 2.26. The Labute approximate surface area is 60.2 Å². The van der Waals surface area contributed by atoms with Crippen LogP contribution in [-0.2, 0) is 0 Å². The van der Waals surface area contributed by atoms with Crippen LogP contribution < -0.4 is 5.73 Å². The lowest BCUT2D eigenvalue weighted by Crippen LogP contribution is -1.92. The van der Waals surface area contributed by atoms with Gasteiger partial charge in [0.2, 0.25) is 0 Å². The highest BCUT2D eigenvalue weighted by Gasteiger charge is 2.01. The van der Waals surface area contributed by atoms with E-state index in [1.54, 1.807) is 0 Å². The third-order valence-electron chi connectivity index (χ3n) is 1.10. The second-order valence-electron chi connectivity index (χ2n) is 1.73. The number of rotatable bonds is 0. The third-order valence-corrected chi connectivity index (χ3v) is 1.64. The van der Waals surface area contributed by atoms with Gasteiger partial charge in [-0.25, -0.2) is 0 Å². The van der Waals surface area contributed by atoms with Crippen LogP contribution in [0.3, 0.4) is 0 Å². The maximum Gasteiger partial charge on any atom is 0.175 e. The first kappa shape index (κ1) is 5.48. The first-order valence-electron chi connectivity index (χ1n) is 2.57. The number of aromatic nitrogens is 4. The molecule has 6 heteroatoms. The molecule has 10 heavy (non-hydrogen) atoms. The molecule has 0 fully saturated rings. The smallest absolute Gasteiger partial charge is 0.175 e. The van der Waals surface area contributed by atoms with Crippen molar-refractivity contribution in [2.45, 2.75) is 0 Å². The summed E-state index contributed by atoms with van der Waals surface area (Å²) in [6.07, 6.45) is 1.54. The zero-order chi connectivity index (χ0) is 6.97. The summed E-state index contributed by atoms with van der Waals surface area (Å²) in [6.45, 7) is 0. The average molecular weight is 153 g/mol. The zero-order valence-corrected chi connectivity index (χ0v) is 5.67. The van der Waals surface area contributed by atoms with Gasteiger partial charge in [0.25, 0.3) is 0 Å². The summed E-state index contributed by atoms with van der Waals surface area (Å²) in [5, 5.41) is 7.23. The van der Waals surface area contributed by atoms with Crippen LogP contribution in [0.4, 0.5) is 5.82 Å². The highest BCUT2D eigenvalue weighted by molar-refractivity contribution is 7.00. The van der Waals surface area contributed by atoms with E-state index in [1.807, 2.05) is 0 Å². The van der Waals surface area contributed by atoms with Crippen LogP contribution in [0.15, 0.2) is 6.20 Å². The quantitative estimate of drug-likeness (QED) is 0.579. The molecule has 0 aliphatic heterocycles. The Kier molecular flexibility index (Phi) is 1.01. The van der Waals surface area contributed by atoms with E-state index in [0.717, 1.165) is 11.7 Å². The number of nitrogens with two attached hydrogens (primary N) is 1. The summed E-state index contributed by atoms with van der Waals surface area (Å²) in [5.41, 5.74) is 6.78. The fraction of sp³-hybridized carbons (Fsp3) is 0. The predicted octanol–water partition coefficient (Wildman–Crippen LogP) is 0.0635. The van der Waals surface area contributed by atoms with Crippen LogP contribution >= 0.6 is 11.7 Å². The predicted molar refractivity (Wildman–Crippen MR) is 37.4 cm³/mol. The Morgan fingerprint density at radius 2 is 2.30 bits per heavy atom. The number of hydrogen-bond acceptors (Lipinski definition) is 6. The summed E-state index contributed by atoms with van der Waals surface area (Å²) >= 11 is 1.11. The summed E-state index contributed by atoms with van der Waals surface area (Å²) in [4.78, 5) is 0. The summed E-state index contributed by atoms with van der Waals surface area (Å²) in [7, 11) is 0. The molecule has 0 amide bonds. The molecule has 0 spiro atoms. The van der Waals surface area contributed by atoms with Crippen LogP contribution in [0.5, 0.6) is 0 Å². The number of nitrogens with zero attached hydrogens (tertiary/aromatic N) is 4. The molecule has 0 saturated heterocycles. The standard InChI is InChI=1S/C4H3N5S/c5-4-3-2(1-6-7-4)8-10-9-3/h1H,(H2,5,7). The van der Waals surface area contributed by atoms with E-state index >= 15 is 0 Å². The van der Waals surface area contributed by atoms with Crippen molar-refractivity contribution in [3.8, 4) is 0 Å². The Morgan fingerprint density at radius 3 is 3.10 bits per heavy atom. The summed E-state index contributed by atoms with van der Waals surface area (Å²) < 4.78 is 7.85. The van der Waals surface area contributed by atoms with Gasteiger partial charge >= 0.3 is 0 Å². The third kappa shape index (κ3) is 0.623. The summed E-state index contributed by atoms with van der Waals surface area (Å²) in [6, 6.07) is 0. The minimum absolute atomic E-state index is 0.339. The average Bonchev–Trinajstić information content (AvgIpc) is 2.36. The highest BCUT2D eigenvalue weighted by Crippen LogP contribution is 2.12. The lowest BCUT2D eigenvalue weighted by atomic mass is 10.4. The van der Waals surface area contributed by atoms with Gasteiger partial charge < -0.3 is 5.73 Å². The normalized spacial score (nSPS) is 10.4. The molecule has 0 atom stereocenters. The number of nitrogen functional groups attached to an aromatic ring is 1. The molecule has 0 bridgehead atoms. The monoisotopic (exact) mass is 153 g/mol. The van der Waals surface area contributed by atoms with Crippen molar-refractivity contribution in [2.24, 2.45) is 0 Å². The van der Waals surface area contributed by atoms with Crippen LogP contribution in [-0.4, -0.2) is 18.9 Å². The second kappa shape index (κ2) is 1.84. The first-order valence-corrected chi connectivity index (χ1v) is 3.30.